The Hall–Kier alpha value is -3.51. The number of nitrogens with zero attached hydrogens (tertiary/aromatic N) is 2. The molecular formula is C27H25N2O+. The lowest BCUT2D eigenvalue weighted by molar-refractivity contribution is -0.401. The van der Waals surface area contributed by atoms with E-state index in [2.05, 4.69) is 90.9 Å². The van der Waals surface area contributed by atoms with Crippen LogP contribution >= 0.6 is 0 Å². The van der Waals surface area contributed by atoms with Crippen LogP contribution in [0.5, 0.6) is 5.75 Å². The van der Waals surface area contributed by atoms with Gasteiger partial charge in [0.15, 0.2) is 11.5 Å². The second-order valence-electron chi connectivity index (χ2n) is 8.17. The van der Waals surface area contributed by atoms with E-state index in [-0.39, 0.29) is 5.41 Å². The Morgan fingerprint density at radius 3 is 2.63 bits per heavy atom. The maximum absolute atomic E-state index is 6.22. The third kappa shape index (κ3) is 2.57. The number of hydrogen-bond acceptors (Lipinski definition) is 2. The van der Waals surface area contributed by atoms with Crippen molar-refractivity contribution in [3.8, 4) is 17.6 Å². The van der Waals surface area contributed by atoms with Gasteiger partial charge in [-0.3, -0.25) is 0 Å². The molecule has 0 N–H and O–H groups in total. The van der Waals surface area contributed by atoms with E-state index < -0.39 is 0 Å². The number of para-hydroxylation sites is 2. The molecule has 3 heteroatoms. The van der Waals surface area contributed by atoms with Gasteiger partial charge in [-0.05, 0) is 42.8 Å². The molecule has 1 unspecified atom stereocenters. The highest BCUT2D eigenvalue weighted by Gasteiger charge is 2.48. The first-order valence-corrected chi connectivity index (χ1v) is 10.3. The lowest BCUT2D eigenvalue weighted by Crippen LogP contribution is -2.32. The first-order chi connectivity index (χ1) is 14.5. The highest BCUT2D eigenvalue weighted by molar-refractivity contribution is 6.08. The molecule has 0 amide bonds. The Morgan fingerprint density at radius 2 is 1.83 bits per heavy atom. The monoisotopic (exact) mass is 393 g/mol. The lowest BCUT2D eigenvalue weighted by Gasteiger charge is -2.22. The van der Waals surface area contributed by atoms with Gasteiger partial charge in [0.25, 0.3) is 0 Å². The van der Waals surface area contributed by atoms with Crippen LogP contribution in [0.2, 0.25) is 0 Å². The van der Waals surface area contributed by atoms with E-state index in [1.807, 2.05) is 25.1 Å². The van der Waals surface area contributed by atoms with Gasteiger partial charge < -0.3 is 9.64 Å². The zero-order valence-corrected chi connectivity index (χ0v) is 17.9. The summed E-state index contributed by atoms with van der Waals surface area (Å²) in [6.45, 7) is 4.22. The first kappa shape index (κ1) is 18.5. The van der Waals surface area contributed by atoms with Crippen molar-refractivity contribution >= 4 is 27.9 Å². The minimum Gasteiger partial charge on any atom is -0.438 e. The fourth-order valence-corrected chi connectivity index (χ4v) is 4.81. The molecule has 5 rings (SSSR count). The molecule has 0 bridgehead atoms. The van der Waals surface area contributed by atoms with Crippen LogP contribution in [0.1, 0.15) is 25.8 Å². The summed E-state index contributed by atoms with van der Waals surface area (Å²) in [6, 6.07) is 21.2. The number of fused-ring (bicyclic) bond motifs is 4. The van der Waals surface area contributed by atoms with Crippen molar-refractivity contribution in [1.29, 1.82) is 0 Å². The summed E-state index contributed by atoms with van der Waals surface area (Å²) in [7, 11) is 4.20. The number of benzene rings is 3. The Morgan fingerprint density at radius 1 is 1.07 bits per heavy atom. The highest BCUT2D eigenvalue weighted by atomic mass is 16.5. The van der Waals surface area contributed by atoms with E-state index in [4.69, 9.17) is 4.74 Å². The molecule has 0 radical (unpaired) electrons. The van der Waals surface area contributed by atoms with Crippen LogP contribution in [0.25, 0.3) is 10.8 Å². The van der Waals surface area contributed by atoms with Crippen LogP contribution in [-0.2, 0) is 5.41 Å². The molecule has 0 spiro atoms. The maximum Gasteiger partial charge on any atom is 0.210 e. The summed E-state index contributed by atoms with van der Waals surface area (Å²) in [4.78, 5) is 2.11. The van der Waals surface area contributed by atoms with Crippen LogP contribution < -0.4 is 9.64 Å². The number of hydrogen-bond donors (Lipinski definition) is 0. The van der Waals surface area contributed by atoms with Crippen molar-refractivity contribution < 1.29 is 9.31 Å². The van der Waals surface area contributed by atoms with E-state index >= 15 is 0 Å². The first-order valence-electron chi connectivity index (χ1n) is 10.3. The molecule has 0 saturated heterocycles. The Balaban J connectivity index is 1.70. The predicted octanol–water partition coefficient (Wildman–Crippen LogP) is 5.61. The van der Waals surface area contributed by atoms with Crippen LogP contribution in [-0.4, -0.2) is 24.4 Å². The Bertz CT molecular complexity index is 1310. The summed E-state index contributed by atoms with van der Waals surface area (Å²) >= 11 is 0. The number of anilines is 1. The second kappa shape index (κ2) is 6.78. The average molecular weight is 394 g/mol. The van der Waals surface area contributed by atoms with Gasteiger partial charge >= 0.3 is 0 Å². The van der Waals surface area contributed by atoms with Gasteiger partial charge in [0.1, 0.15) is 7.05 Å². The van der Waals surface area contributed by atoms with Crippen molar-refractivity contribution in [2.24, 2.45) is 0 Å². The van der Waals surface area contributed by atoms with Gasteiger partial charge in [0.05, 0.1) is 17.2 Å². The lowest BCUT2D eigenvalue weighted by atomic mass is 9.75. The van der Waals surface area contributed by atoms with Gasteiger partial charge in [0, 0.05) is 25.1 Å². The molecule has 2 aliphatic rings. The molecule has 3 aromatic rings. The molecule has 1 atom stereocenters. The van der Waals surface area contributed by atoms with Crippen LogP contribution in [0.3, 0.4) is 0 Å². The molecule has 2 heterocycles. The number of allylic oxidation sites excluding steroid dienone is 1. The third-order valence-electron chi connectivity index (χ3n) is 6.40. The summed E-state index contributed by atoms with van der Waals surface area (Å²) in [6.07, 6.45) is 2.94. The normalized spacial score (nSPS) is 20.8. The fraction of sp³-hybridized carbons (Fsp3) is 0.222. The van der Waals surface area contributed by atoms with Crippen molar-refractivity contribution in [2.45, 2.75) is 25.7 Å². The average Bonchev–Trinajstić information content (AvgIpc) is 3.20. The zero-order valence-electron chi connectivity index (χ0n) is 17.9. The van der Waals surface area contributed by atoms with Gasteiger partial charge in [-0.15, -0.1) is 11.8 Å². The van der Waals surface area contributed by atoms with E-state index in [9.17, 15) is 0 Å². The van der Waals surface area contributed by atoms with Crippen LogP contribution in [0.15, 0.2) is 72.6 Å². The van der Waals surface area contributed by atoms with E-state index in [1.54, 1.807) is 0 Å². The number of rotatable bonds is 2. The summed E-state index contributed by atoms with van der Waals surface area (Å²) in [5, 5.41) is 2.55. The van der Waals surface area contributed by atoms with Crippen molar-refractivity contribution in [3.63, 3.8) is 0 Å². The molecule has 0 fully saturated rings. The van der Waals surface area contributed by atoms with E-state index in [1.165, 1.54) is 27.7 Å². The van der Waals surface area contributed by atoms with E-state index in [0.717, 1.165) is 23.7 Å². The van der Waals surface area contributed by atoms with Gasteiger partial charge in [0.2, 0.25) is 11.6 Å². The molecule has 3 nitrogen and oxygen atoms in total. The Kier molecular flexibility index (Phi) is 4.18. The predicted molar refractivity (Wildman–Crippen MR) is 124 cm³/mol. The Labute approximate surface area is 177 Å². The summed E-state index contributed by atoms with van der Waals surface area (Å²) < 4.78 is 8.51. The van der Waals surface area contributed by atoms with Crippen molar-refractivity contribution in [1.82, 2.24) is 0 Å². The van der Waals surface area contributed by atoms with Crippen LogP contribution in [0.4, 0.5) is 11.4 Å². The highest BCUT2D eigenvalue weighted by Crippen LogP contribution is 2.46. The minimum atomic E-state index is -0.236. The molecule has 148 valence electrons. The largest absolute Gasteiger partial charge is 0.438 e. The molecule has 2 aliphatic heterocycles. The van der Waals surface area contributed by atoms with Crippen molar-refractivity contribution in [3.05, 3.63) is 78.2 Å². The molecule has 0 aliphatic carbocycles. The fourth-order valence-electron chi connectivity index (χ4n) is 4.81. The van der Waals surface area contributed by atoms with Crippen LogP contribution in [0, 0.1) is 11.8 Å². The van der Waals surface area contributed by atoms with E-state index in [0.29, 0.717) is 0 Å². The molecule has 30 heavy (non-hydrogen) atoms. The van der Waals surface area contributed by atoms with Gasteiger partial charge in [-0.25, -0.2) is 0 Å². The number of ether oxygens (including phenoxy) is 1. The molecule has 0 saturated carbocycles. The third-order valence-corrected chi connectivity index (χ3v) is 6.40. The molecular weight excluding hydrogens is 368 g/mol. The second-order valence-corrected chi connectivity index (χ2v) is 8.17. The summed E-state index contributed by atoms with van der Waals surface area (Å²) in [5.41, 5.74) is 4.63. The topological polar surface area (TPSA) is 15.5 Å². The standard InChI is InChI=1S/C27H25N2O/c1-5-6-17-27(2)24(18-25-29(4)21-13-9-10-14-23(21)30-25)28(3)22-16-15-19-11-7-8-12-20(19)26(22)27/h7-16,18H,17H2,1-4H3/q+1. The minimum absolute atomic E-state index is 0.236. The zero-order chi connectivity index (χ0) is 20.9. The summed E-state index contributed by atoms with van der Waals surface area (Å²) in [5.74, 6) is 8.20. The van der Waals surface area contributed by atoms with Crippen molar-refractivity contribution in [2.75, 3.05) is 19.0 Å². The molecule has 0 aromatic heterocycles. The smallest absolute Gasteiger partial charge is 0.210 e. The van der Waals surface area contributed by atoms with Gasteiger partial charge in [-0.2, -0.15) is 4.58 Å². The maximum atomic E-state index is 6.22. The SMILES string of the molecule is CC#CCC1(C)C(/C=C2\Oc3ccccc3N2C)=[N+](C)c2ccc3ccccc3c21. The quantitative estimate of drug-likeness (QED) is 0.415. The van der Waals surface area contributed by atoms with Gasteiger partial charge in [-0.1, -0.05) is 36.4 Å². The molecule has 3 aromatic carbocycles.